The van der Waals surface area contributed by atoms with E-state index in [1.54, 1.807) is 24.5 Å². The molecule has 0 saturated carbocycles. The highest BCUT2D eigenvalue weighted by Crippen LogP contribution is 2.08. The Hall–Kier alpha value is -2.03. The first-order valence-corrected chi connectivity index (χ1v) is 7.17. The smallest absolute Gasteiger partial charge is 0.317 e. The number of likely N-dealkylation sites (N-methyl/N-ethyl adjacent to an activating group) is 1. The van der Waals surface area contributed by atoms with Gasteiger partial charge in [0.25, 0.3) is 0 Å². The lowest BCUT2D eigenvalue weighted by Gasteiger charge is -2.17. The van der Waals surface area contributed by atoms with Crippen molar-refractivity contribution >= 4 is 17.8 Å². The van der Waals surface area contributed by atoms with E-state index >= 15 is 0 Å². The molecule has 2 amide bonds. The minimum atomic E-state index is -0.0803. The molecule has 8 nitrogen and oxygen atoms in total. The molecule has 0 spiro atoms. The molecule has 20 heavy (non-hydrogen) atoms. The van der Waals surface area contributed by atoms with Crippen molar-refractivity contribution in [3.05, 3.63) is 25.0 Å². The molecule has 0 unspecified atom stereocenters. The summed E-state index contributed by atoms with van der Waals surface area (Å²) in [7, 11) is 1.77. The van der Waals surface area contributed by atoms with Gasteiger partial charge < -0.3 is 14.8 Å². The molecule has 2 rings (SSSR count). The van der Waals surface area contributed by atoms with Crippen LogP contribution in [0.15, 0.2) is 30.2 Å². The summed E-state index contributed by atoms with van der Waals surface area (Å²) in [5.41, 5.74) is 0. The molecule has 2 aromatic rings. The third-order valence-corrected chi connectivity index (χ3v) is 3.49. The first-order valence-electron chi connectivity index (χ1n) is 6.18. The number of amides is 2. The zero-order chi connectivity index (χ0) is 14.2. The molecule has 0 bridgehead atoms. The van der Waals surface area contributed by atoms with Crippen LogP contribution in [0.3, 0.4) is 0 Å². The first kappa shape index (κ1) is 14.4. The van der Waals surface area contributed by atoms with Crippen LogP contribution in [0.25, 0.3) is 0 Å². The zero-order valence-electron chi connectivity index (χ0n) is 11.2. The van der Waals surface area contributed by atoms with E-state index in [0.29, 0.717) is 13.1 Å². The van der Waals surface area contributed by atoms with Gasteiger partial charge in [-0.05, 0) is 0 Å². The molecule has 0 atom stereocenters. The number of carbonyl (C=O) groups excluding carboxylic acids is 1. The van der Waals surface area contributed by atoms with Crippen LogP contribution >= 0.6 is 11.8 Å². The Bertz CT molecular complexity index is 499. The normalized spacial score (nSPS) is 10.4. The summed E-state index contributed by atoms with van der Waals surface area (Å²) < 4.78 is 1.93. The number of urea groups is 1. The van der Waals surface area contributed by atoms with Crippen LogP contribution in [-0.2, 0) is 6.54 Å². The van der Waals surface area contributed by atoms with Gasteiger partial charge in [-0.25, -0.2) is 14.8 Å². The number of imidazole rings is 1. The molecular formula is C11H17N7OS. The van der Waals surface area contributed by atoms with E-state index in [1.165, 1.54) is 18.1 Å². The Morgan fingerprint density at radius 1 is 1.60 bits per heavy atom. The van der Waals surface area contributed by atoms with Crippen molar-refractivity contribution in [2.75, 3.05) is 25.9 Å². The van der Waals surface area contributed by atoms with E-state index in [4.69, 9.17) is 0 Å². The molecule has 2 aromatic heterocycles. The average molecular weight is 295 g/mol. The van der Waals surface area contributed by atoms with Gasteiger partial charge in [-0.1, -0.05) is 11.8 Å². The zero-order valence-corrected chi connectivity index (χ0v) is 12.0. The third kappa shape index (κ3) is 4.57. The van der Waals surface area contributed by atoms with E-state index < -0.39 is 0 Å². The number of hydrogen-bond acceptors (Lipinski definition) is 5. The standard InChI is InChI=1S/C11H17N7OS/c1-17(5-6-18-4-2-12-9-18)11(19)13-3-7-20-10-14-8-15-16-10/h2,4,8-9H,3,5-7H2,1H3,(H,13,19)(H,14,15,16). The number of H-pyrrole nitrogens is 1. The van der Waals surface area contributed by atoms with Gasteiger partial charge in [0, 0.05) is 44.8 Å². The second-order valence-electron chi connectivity index (χ2n) is 4.09. The maximum absolute atomic E-state index is 11.8. The minimum absolute atomic E-state index is 0.0803. The Kier molecular flexibility index (Phi) is 5.42. The number of nitrogens with one attached hydrogen (secondary N) is 2. The number of rotatable bonds is 7. The molecule has 0 aliphatic carbocycles. The van der Waals surface area contributed by atoms with Crippen LogP contribution < -0.4 is 5.32 Å². The van der Waals surface area contributed by atoms with Crippen LogP contribution in [0.4, 0.5) is 4.79 Å². The van der Waals surface area contributed by atoms with Gasteiger partial charge in [-0.2, -0.15) is 5.10 Å². The van der Waals surface area contributed by atoms with Gasteiger partial charge in [-0.15, -0.1) is 0 Å². The number of aromatic nitrogens is 5. The monoisotopic (exact) mass is 295 g/mol. The van der Waals surface area contributed by atoms with E-state index in [-0.39, 0.29) is 6.03 Å². The van der Waals surface area contributed by atoms with Crippen LogP contribution in [0.5, 0.6) is 0 Å². The van der Waals surface area contributed by atoms with Crippen molar-refractivity contribution in [3.63, 3.8) is 0 Å². The Morgan fingerprint density at radius 2 is 2.50 bits per heavy atom. The quantitative estimate of drug-likeness (QED) is 0.571. The fraction of sp³-hybridized carbons (Fsp3) is 0.455. The molecular weight excluding hydrogens is 278 g/mol. The van der Waals surface area contributed by atoms with Crippen molar-refractivity contribution in [1.29, 1.82) is 0 Å². The maximum Gasteiger partial charge on any atom is 0.317 e. The van der Waals surface area contributed by atoms with E-state index in [0.717, 1.165) is 17.5 Å². The summed E-state index contributed by atoms with van der Waals surface area (Å²) in [5, 5.41) is 10.1. The van der Waals surface area contributed by atoms with Crippen molar-refractivity contribution in [3.8, 4) is 0 Å². The van der Waals surface area contributed by atoms with Gasteiger partial charge in [0.1, 0.15) is 6.33 Å². The molecule has 0 aliphatic heterocycles. The SMILES string of the molecule is CN(CCn1ccnc1)C(=O)NCCSc1ncn[nH]1. The van der Waals surface area contributed by atoms with Crippen molar-refractivity contribution in [2.24, 2.45) is 0 Å². The Morgan fingerprint density at radius 3 is 3.20 bits per heavy atom. The van der Waals surface area contributed by atoms with Crippen LogP contribution in [0.2, 0.25) is 0 Å². The number of hydrogen-bond donors (Lipinski definition) is 2. The number of thioether (sulfide) groups is 1. The maximum atomic E-state index is 11.8. The molecule has 0 saturated heterocycles. The summed E-state index contributed by atoms with van der Waals surface area (Å²) in [6.45, 7) is 1.95. The van der Waals surface area contributed by atoms with E-state index in [9.17, 15) is 4.79 Å². The first-order chi connectivity index (χ1) is 9.75. The topological polar surface area (TPSA) is 91.7 Å². The van der Waals surface area contributed by atoms with E-state index in [2.05, 4.69) is 25.5 Å². The van der Waals surface area contributed by atoms with Gasteiger partial charge >= 0.3 is 6.03 Å². The highest BCUT2D eigenvalue weighted by molar-refractivity contribution is 7.99. The van der Waals surface area contributed by atoms with Crippen LogP contribution in [0.1, 0.15) is 0 Å². The molecule has 0 radical (unpaired) electrons. The van der Waals surface area contributed by atoms with Gasteiger partial charge in [0.15, 0.2) is 5.16 Å². The second-order valence-corrected chi connectivity index (χ2v) is 5.18. The largest absolute Gasteiger partial charge is 0.337 e. The fourth-order valence-corrected chi connectivity index (χ4v) is 2.13. The van der Waals surface area contributed by atoms with Crippen LogP contribution in [-0.4, -0.2) is 61.6 Å². The van der Waals surface area contributed by atoms with Gasteiger partial charge in [0.2, 0.25) is 0 Å². The summed E-state index contributed by atoms with van der Waals surface area (Å²) in [4.78, 5) is 21.4. The number of aromatic amines is 1. The summed E-state index contributed by atoms with van der Waals surface area (Å²) in [5.74, 6) is 0.746. The fourth-order valence-electron chi connectivity index (χ4n) is 1.49. The highest BCUT2D eigenvalue weighted by Gasteiger charge is 2.07. The molecule has 0 aromatic carbocycles. The predicted molar refractivity (Wildman–Crippen MR) is 75.4 cm³/mol. The lowest BCUT2D eigenvalue weighted by Crippen LogP contribution is -2.39. The predicted octanol–water partition coefficient (Wildman–Crippen LogP) is 0.435. The lowest BCUT2D eigenvalue weighted by atomic mass is 10.5. The van der Waals surface area contributed by atoms with Crippen molar-refractivity contribution in [1.82, 2.24) is 34.9 Å². The Labute approximate surface area is 121 Å². The van der Waals surface area contributed by atoms with Gasteiger partial charge in [0.05, 0.1) is 6.33 Å². The minimum Gasteiger partial charge on any atom is -0.337 e. The van der Waals surface area contributed by atoms with Crippen molar-refractivity contribution in [2.45, 2.75) is 11.7 Å². The lowest BCUT2D eigenvalue weighted by molar-refractivity contribution is 0.208. The molecule has 0 fully saturated rings. The van der Waals surface area contributed by atoms with E-state index in [1.807, 2.05) is 10.8 Å². The highest BCUT2D eigenvalue weighted by atomic mass is 32.2. The molecule has 2 heterocycles. The molecule has 108 valence electrons. The average Bonchev–Trinajstić information content (AvgIpc) is 3.13. The number of nitrogens with zero attached hydrogens (tertiary/aromatic N) is 5. The summed E-state index contributed by atoms with van der Waals surface area (Å²) >= 11 is 1.52. The summed E-state index contributed by atoms with van der Waals surface area (Å²) in [6.07, 6.45) is 6.80. The summed E-state index contributed by atoms with van der Waals surface area (Å²) in [6, 6.07) is -0.0803. The van der Waals surface area contributed by atoms with Gasteiger partial charge in [-0.3, -0.25) is 5.10 Å². The molecule has 9 heteroatoms. The van der Waals surface area contributed by atoms with Crippen LogP contribution in [0, 0.1) is 0 Å². The van der Waals surface area contributed by atoms with Crippen molar-refractivity contribution < 1.29 is 4.79 Å². The second kappa shape index (κ2) is 7.53. The number of carbonyl (C=O) groups is 1. The molecule has 2 N–H and O–H groups in total. The molecule has 0 aliphatic rings. The third-order valence-electron chi connectivity index (χ3n) is 2.61. The Balaban J connectivity index is 1.58.